The molecule has 0 unspecified atom stereocenters. The molecule has 5 heteroatoms. The summed E-state index contributed by atoms with van der Waals surface area (Å²) in [7, 11) is 0. The second kappa shape index (κ2) is 8.98. The smallest absolute Gasteiger partial charge is 0.326 e. The number of unbranched alkanes of at least 4 members (excludes halogenated alkanes) is 2. The van der Waals surface area contributed by atoms with E-state index in [-0.39, 0.29) is 11.8 Å². The molecule has 0 aliphatic rings. The van der Waals surface area contributed by atoms with Gasteiger partial charge in [0.1, 0.15) is 6.04 Å². The molecular weight excluding hydrogens is 220 g/mol. The second-order valence-electron chi connectivity index (χ2n) is 4.69. The number of hydrogen-bond acceptors (Lipinski definition) is 3. The highest BCUT2D eigenvalue weighted by Gasteiger charge is 2.20. The van der Waals surface area contributed by atoms with Crippen molar-refractivity contribution >= 4 is 11.9 Å². The minimum Gasteiger partial charge on any atom is -0.480 e. The van der Waals surface area contributed by atoms with Gasteiger partial charge in [0.25, 0.3) is 0 Å². The van der Waals surface area contributed by atoms with Crippen molar-refractivity contribution in [1.82, 2.24) is 5.32 Å². The molecule has 0 aliphatic heterocycles. The minimum absolute atomic E-state index is 0.185. The number of carbonyl (C=O) groups is 2. The molecule has 100 valence electrons. The van der Waals surface area contributed by atoms with Crippen molar-refractivity contribution in [3.63, 3.8) is 0 Å². The lowest BCUT2D eigenvalue weighted by molar-refractivity contribution is -0.142. The second-order valence-corrected chi connectivity index (χ2v) is 4.69. The molecule has 0 spiro atoms. The van der Waals surface area contributed by atoms with E-state index in [1.165, 1.54) is 0 Å². The third kappa shape index (κ3) is 8.68. The Labute approximate surface area is 103 Å². The molecule has 1 amide bonds. The molecule has 0 saturated heterocycles. The van der Waals surface area contributed by atoms with Gasteiger partial charge in [0.05, 0.1) is 0 Å². The quantitative estimate of drug-likeness (QED) is 0.530. The zero-order chi connectivity index (χ0) is 13.3. The average molecular weight is 244 g/mol. The highest BCUT2D eigenvalue weighted by atomic mass is 16.4. The van der Waals surface area contributed by atoms with E-state index in [0.29, 0.717) is 19.4 Å². The summed E-state index contributed by atoms with van der Waals surface area (Å²) in [6.07, 6.45) is 3.41. The van der Waals surface area contributed by atoms with Gasteiger partial charge in [-0.15, -0.1) is 0 Å². The minimum atomic E-state index is -0.964. The fourth-order valence-electron chi connectivity index (χ4n) is 1.57. The van der Waals surface area contributed by atoms with Gasteiger partial charge in [-0.3, -0.25) is 4.79 Å². The Bertz CT molecular complexity index is 242. The Kier molecular flexibility index (Phi) is 8.40. The molecule has 0 saturated carbocycles. The van der Waals surface area contributed by atoms with E-state index < -0.39 is 12.0 Å². The number of amides is 1. The van der Waals surface area contributed by atoms with Crippen LogP contribution < -0.4 is 11.1 Å². The molecule has 0 bridgehead atoms. The topological polar surface area (TPSA) is 92.4 Å². The number of carboxylic acid groups (broad SMARTS) is 1. The predicted octanol–water partition coefficient (Wildman–Crippen LogP) is 1.12. The summed E-state index contributed by atoms with van der Waals surface area (Å²) in [5.74, 6) is -0.905. The number of rotatable bonds is 9. The van der Waals surface area contributed by atoms with Crippen LogP contribution in [-0.4, -0.2) is 29.6 Å². The first kappa shape index (κ1) is 15.9. The van der Waals surface area contributed by atoms with Gasteiger partial charge in [-0.25, -0.2) is 4.79 Å². The number of carboxylic acids is 1. The van der Waals surface area contributed by atoms with Crippen molar-refractivity contribution in [2.75, 3.05) is 6.54 Å². The van der Waals surface area contributed by atoms with Gasteiger partial charge in [0.15, 0.2) is 0 Å². The molecule has 0 aromatic carbocycles. The van der Waals surface area contributed by atoms with E-state index in [9.17, 15) is 9.59 Å². The Balaban J connectivity index is 3.91. The molecule has 17 heavy (non-hydrogen) atoms. The van der Waals surface area contributed by atoms with Crippen LogP contribution >= 0.6 is 0 Å². The Morgan fingerprint density at radius 3 is 2.35 bits per heavy atom. The highest BCUT2D eigenvalue weighted by Crippen LogP contribution is 2.06. The van der Waals surface area contributed by atoms with Gasteiger partial charge in [0, 0.05) is 6.42 Å². The van der Waals surface area contributed by atoms with Crippen LogP contribution in [0.4, 0.5) is 0 Å². The Morgan fingerprint density at radius 2 is 1.88 bits per heavy atom. The zero-order valence-electron chi connectivity index (χ0n) is 10.7. The molecule has 0 heterocycles. The van der Waals surface area contributed by atoms with Crippen molar-refractivity contribution in [3.8, 4) is 0 Å². The maximum absolute atomic E-state index is 11.5. The third-order valence-corrected chi connectivity index (χ3v) is 2.45. The van der Waals surface area contributed by atoms with Crippen molar-refractivity contribution in [2.45, 2.75) is 52.0 Å². The van der Waals surface area contributed by atoms with Crippen molar-refractivity contribution in [2.24, 2.45) is 11.7 Å². The van der Waals surface area contributed by atoms with Crippen LogP contribution in [-0.2, 0) is 9.59 Å². The molecule has 0 rings (SSSR count). The first-order chi connectivity index (χ1) is 7.97. The number of nitrogens with one attached hydrogen (secondary N) is 1. The lowest BCUT2D eigenvalue weighted by Crippen LogP contribution is -2.41. The molecule has 1 atom stereocenters. The maximum atomic E-state index is 11.5. The van der Waals surface area contributed by atoms with Crippen molar-refractivity contribution in [1.29, 1.82) is 0 Å². The summed E-state index contributed by atoms with van der Waals surface area (Å²) in [6.45, 7) is 4.50. The molecule has 5 nitrogen and oxygen atoms in total. The van der Waals surface area contributed by atoms with Crippen LogP contribution in [0.15, 0.2) is 0 Å². The summed E-state index contributed by atoms with van der Waals surface area (Å²) >= 11 is 0. The fraction of sp³-hybridized carbons (Fsp3) is 0.833. The monoisotopic (exact) mass is 244 g/mol. The van der Waals surface area contributed by atoms with Gasteiger partial charge >= 0.3 is 5.97 Å². The molecule has 4 N–H and O–H groups in total. The van der Waals surface area contributed by atoms with Crippen LogP contribution in [0.1, 0.15) is 46.0 Å². The number of hydrogen-bond donors (Lipinski definition) is 3. The first-order valence-electron chi connectivity index (χ1n) is 6.19. The average Bonchev–Trinajstić information content (AvgIpc) is 2.22. The van der Waals surface area contributed by atoms with E-state index >= 15 is 0 Å². The van der Waals surface area contributed by atoms with Gasteiger partial charge in [0.2, 0.25) is 5.91 Å². The Morgan fingerprint density at radius 1 is 1.24 bits per heavy atom. The van der Waals surface area contributed by atoms with Gasteiger partial charge in [-0.2, -0.15) is 0 Å². The number of carbonyl (C=O) groups excluding carboxylic acids is 1. The highest BCUT2D eigenvalue weighted by molar-refractivity contribution is 5.83. The normalized spacial score (nSPS) is 12.5. The van der Waals surface area contributed by atoms with Gasteiger partial charge in [-0.05, 0) is 31.7 Å². The largest absolute Gasteiger partial charge is 0.480 e. The molecule has 0 aliphatic carbocycles. The summed E-state index contributed by atoms with van der Waals surface area (Å²) in [6, 6.07) is -0.767. The Hall–Kier alpha value is -1.10. The van der Waals surface area contributed by atoms with Crippen LogP contribution in [0.5, 0.6) is 0 Å². The van der Waals surface area contributed by atoms with Crippen LogP contribution in [0, 0.1) is 5.92 Å². The SMILES string of the molecule is CC(C)C[C@@H](NC(=O)CCCCCN)C(=O)O. The summed E-state index contributed by atoms with van der Waals surface area (Å²) < 4.78 is 0. The van der Waals surface area contributed by atoms with Crippen LogP contribution in [0.3, 0.4) is 0 Å². The zero-order valence-corrected chi connectivity index (χ0v) is 10.7. The maximum Gasteiger partial charge on any atom is 0.326 e. The van der Waals surface area contributed by atoms with E-state index in [1.54, 1.807) is 0 Å². The molecule has 0 aromatic heterocycles. The number of aliphatic carboxylic acids is 1. The summed E-state index contributed by atoms with van der Waals surface area (Å²) in [4.78, 5) is 22.4. The van der Waals surface area contributed by atoms with Gasteiger partial charge < -0.3 is 16.2 Å². The van der Waals surface area contributed by atoms with E-state index in [2.05, 4.69) is 5.32 Å². The predicted molar refractivity (Wildman–Crippen MR) is 66.5 cm³/mol. The third-order valence-electron chi connectivity index (χ3n) is 2.45. The van der Waals surface area contributed by atoms with E-state index in [0.717, 1.165) is 19.3 Å². The molecule has 0 radical (unpaired) electrons. The standard InChI is InChI=1S/C12H24N2O3/c1-9(2)8-10(12(16)17)14-11(15)6-4-3-5-7-13/h9-10H,3-8,13H2,1-2H3,(H,14,15)(H,16,17)/t10-/m1/s1. The molecule has 0 fully saturated rings. The van der Waals surface area contributed by atoms with Crippen LogP contribution in [0.2, 0.25) is 0 Å². The summed E-state index contributed by atoms with van der Waals surface area (Å²) in [5.41, 5.74) is 5.34. The number of nitrogens with two attached hydrogens (primary N) is 1. The lowest BCUT2D eigenvalue weighted by Gasteiger charge is -2.16. The molecule has 0 aromatic rings. The van der Waals surface area contributed by atoms with E-state index in [1.807, 2.05) is 13.8 Å². The van der Waals surface area contributed by atoms with Crippen LogP contribution in [0.25, 0.3) is 0 Å². The van der Waals surface area contributed by atoms with E-state index in [4.69, 9.17) is 10.8 Å². The van der Waals surface area contributed by atoms with Crippen molar-refractivity contribution in [3.05, 3.63) is 0 Å². The fourth-order valence-corrected chi connectivity index (χ4v) is 1.57. The summed E-state index contributed by atoms with van der Waals surface area (Å²) in [5, 5.41) is 11.5. The molecular formula is C12H24N2O3. The van der Waals surface area contributed by atoms with Gasteiger partial charge in [-0.1, -0.05) is 20.3 Å². The van der Waals surface area contributed by atoms with Crippen molar-refractivity contribution < 1.29 is 14.7 Å². The lowest BCUT2D eigenvalue weighted by atomic mass is 10.0. The first-order valence-corrected chi connectivity index (χ1v) is 6.19.